The number of hydrogen-bond acceptors (Lipinski definition) is 4. The molecule has 4 nitrogen and oxygen atoms in total. The molecule has 2 aromatic carbocycles. The van der Waals surface area contributed by atoms with Crippen LogP contribution in [0.2, 0.25) is 10.0 Å². The summed E-state index contributed by atoms with van der Waals surface area (Å²) in [6.45, 7) is 1.90. The minimum Gasteiger partial charge on any atom is -0.493 e. The first-order valence-electron chi connectivity index (χ1n) is 7.68. The highest BCUT2D eigenvalue weighted by Crippen LogP contribution is 2.37. The molecule has 0 atom stereocenters. The van der Waals surface area contributed by atoms with Crippen molar-refractivity contribution in [2.24, 2.45) is 0 Å². The van der Waals surface area contributed by atoms with Gasteiger partial charge in [0.15, 0.2) is 11.5 Å². The molecule has 0 aliphatic carbocycles. The molecule has 0 radical (unpaired) electrons. The van der Waals surface area contributed by atoms with Crippen LogP contribution in [-0.4, -0.2) is 27.4 Å². The van der Waals surface area contributed by atoms with Gasteiger partial charge >= 0.3 is 0 Å². The normalized spacial score (nSPS) is 10.8. The Bertz CT molecular complexity index is 693. The summed E-state index contributed by atoms with van der Waals surface area (Å²) in [5.74, 6) is 0.397. The Hall–Kier alpha value is -1.53. The minimum absolute atomic E-state index is 0.0486. The third-order valence-corrected chi connectivity index (χ3v) is 4.16. The standard InChI is InChI=1S/C18H20Cl2FNO3/c1-23-7-6-22-10-12-8-15(20)18(17(9-12)24-2)25-11-13-14(19)4-3-5-16(13)21/h3-5,8-9,22H,6-7,10-11H2,1-2H3. The molecule has 7 heteroatoms. The van der Waals surface area contributed by atoms with E-state index in [2.05, 4.69) is 5.32 Å². The largest absolute Gasteiger partial charge is 0.493 e. The second-order valence-corrected chi connectivity index (χ2v) is 6.08. The van der Waals surface area contributed by atoms with Crippen molar-refractivity contribution in [1.82, 2.24) is 5.32 Å². The highest BCUT2D eigenvalue weighted by atomic mass is 35.5. The summed E-state index contributed by atoms with van der Waals surface area (Å²) in [5.41, 5.74) is 1.21. The number of halogens is 3. The maximum atomic E-state index is 13.9. The Kier molecular flexibility index (Phi) is 7.78. The average Bonchev–Trinajstić information content (AvgIpc) is 2.59. The molecule has 0 saturated heterocycles. The molecule has 0 saturated carbocycles. The molecule has 0 aromatic heterocycles. The lowest BCUT2D eigenvalue weighted by atomic mass is 10.2. The van der Waals surface area contributed by atoms with Gasteiger partial charge in [-0.2, -0.15) is 0 Å². The maximum Gasteiger partial charge on any atom is 0.180 e. The molecule has 0 heterocycles. The highest BCUT2D eigenvalue weighted by molar-refractivity contribution is 6.32. The van der Waals surface area contributed by atoms with Crippen LogP contribution in [0.25, 0.3) is 0 Å². The van der Waals surface area contributed by atoms with Crippen molar-refractivity contribution in [3.05, 3.63) is 57.3 Å². The molecule has 25 heavy (non-hydrogen) atoms. The first-order valence-corrected chi connectivity index (χ1v) is 8.44. The molecule has 0 fully saturated rings. The number of nitrogens with one attached hydrogen (secondary N) is 1. The first-order chi connectivity index (χ1) is 12.1. The molecule has 0 bridgehead atoms. The second-order valence-electron chi connectivity index (χ2n) is 5.27. The van der Waals surface area contributed by atoms with Crippen LogP contribution in [0.5, 0.6) is 11.5 Å². The summed E-state index contributed by atoms with van der Waals surface area (Å²) in [6.07, 6.45) is 0. The predicted octanol–water partition coefficient (Wildman–Crippen LogP) is 4.46. The van der Waals surface area contributed by atoms with Crippen LogP contribution in [0.1, 0.15) is 11.1 Å². The number of ether oxygens (including phenoxy) is 3. The second kappa shape index (κ2) is 9.82. The van der Waals surface area contributed by atoms with Crippen LogP contribution in [0, 0.1) is 5.82 Å². The topological polar surface area (TPSA) is 39.7 Å². The molecule has 0 spiro atoms. The van der Waals surface area contributed by atoms with Gasteiger partial charge in [-0.25, -0.2) is 4.39 Å². The van der Waals surface area contributed by atoms with Crippen LogP contribution >= 0.6 is 23.2 Å². The Morgan fingerprint density at radius 2 is 1.92 bits per heavy atom. The van der Waals surface area contributed by atoms with Crippen LogP contribution < -0.4 is 14.8 Å². The summed E-state index contributed by atoms with van der Waals surface area (Å²) in [7, 11) is 3.17. The Balaban J connectivity index is 2.12. The zero-order valence-corrected chi connectivity index (χ0v) is 15.6. The number of hydrogen-bond donors (Lipinski definition) is 1. The summed E-state index contributed by atoms with van der Waals surface area (Å²) in [5, 5.41) is 3.91. The maximum absolute atomic E-state index is 13.9. The molecular formula is C18H20Cl2FNO3. The highest BCUT2D eigenvalue weighted by Gasteiger charge is 2.14. The fourth-order valence-electron chi connectivity index (χ4n) is 2.24. The summed E-state index contributed by atoms with van der Waals surface area (Å²) in [4.78, 5) is 0. The van der Waals surface area contributed by atoms with Gasteiger partial charge in [0.1, 0.15) is 12.4 Å². The molecular weight excluding hydrogens is 368 g/mol. The van der Waals surface area contributed by atoms with Crippen molar-refractivity contribution in [3.63, 3.8) is 0 Å². The number of rotatable bonds is 9. The van der Waals surface area contributed by atoms with E-state index in [1.165, 1.54) is 13.2 Å². The van der Waals surface area contributed by atoms with Crippen molar-refractivity contribution in [2.45, 2.75) is 13.2 Å². The van der Waals surface area contributed by atoms with Gasteiger partial charge in [0.25, 0.3) is 0 Å². The van der Waals surface area contributed by atoms with Crippen LogP contribution in [-0.2, 0) is 17.9 Å². The molecule has 2 rings (SSSR count). The Morgan fingerprint density at radius 1 is 1.12 bits per heavy atom. The predicted molar refractivity (Wildman–Crippen MR) is 97.3 cm³/mol. The van der Waals surface area contributed by atoms with Crippen molar-refractivity contribution in [1.29, 1.82) is 0 Å². The SMILES string of the molecule is COCCNCc1cc(Cl)c(OCc2c(F)cccc2Cl)c(OC)c1. The third kappa shape index (κ3) is 5.47. The van der Waals surface area contributed by atoms with E-state index in [-0.39, 0.29) is 12.2 Å². The zero-order chi connectivity index (χ0) is 18.2. The van der Waals surface area contributed by atoms with Gasteiger partial charge in [-0.15, -0.1) is 0 Å². The van der Waals surface area contributed by atoms with Crippen LogP contribution in [0.15, 0.2) is 30.3 Å². The number of methoxy groups -OCH3 is 2. The number of benzene rings is 2. The average molecular weight is 388 g/mol. The van der Waals surface area contributed by atoms with E-state index >= 15 is 0 Å². The monoisotopic (exact) mass is 387 g/mol. The summed E-state index contributed by atoms with van der Waals surface area (Å²) >= 11 is 12.3. The fraction of sp³-hybridized carbons (Fsp3) is 0.333. The van der Waals surface area contributed by atoms with Crippen LogP contribution in [0.4, 0.5) is 4.39 Å². The van der Waals surface area contributed by atoms with E-state index < -0.39 is 5.82 Å². The lowest BCUT2D eigenvalue weighted by Gasteiger charge is -2.15. The van der Waals surface area contributed by atoms with E-state index in [0.29, 0.717) is 34.7 Å². The minimum atomic E-state index is -0.429. The summed E-state index contributed by atoms with van der Waals surface area (Å²) < 4.78 is 29.9. The van der Waals surface area contributed by atoms with Crippen molar-refractivity contribution in [3.8, 4) is 11.5 Å². The van der Waals surface area contributed by atoms with E-state index in [4.69, 9.17) is 37.4 Å². The lowest BCUT2D eigenvalue weighted by molar-refractivity contribution is 0.199. The summed E-state index contributed by atoms with van der Waals surface area (Å²) in [6, 6.07) is 8.08. The van der Waals surface area contributed by atoms with Gasteiger partial charge in [0, 0.05) is 25.8 Å². The molecule has 2 aromatic rings. The van der Waals surface area contributed by atoms with Crippen molar-refractivity contribution < 1.29 is 18.6 Å². The Labute approximate surface area is 156 Å². The van der Waals surface area contributed by atoms with E-state index in [0.717, 1.165) is 12.1 Å². The molecule has 0 aliphatic rings. The fourth-order valence-corrected chi connectivity index (χ4v) is 2.74. The smallest absolute Gasteiger partial charge is 0.180 e. The Morgan fingerprint density at radius 3 is 2.60 bits per heavy atom. The first kappa shape index (κ1) is 19.8. The lowest BCUT2D eigenvalue weighted by Crippen LogP contribution is -2.18. The van der Waals surface area contributed by atoms with Gasteiger partial charge < -0.3 is 19.5 Å². The molecule has 0 unspecified atom stereocenters. The van der Waals surface area contributed by atoms with Crippen molar-refractivity contribution >= 4 is 23.2 Å². The van der Waals surface area contributed by atoms with Gasteiger partial charge in [0.2, 0.25) is 0 Å². The van der Waals surface area contributed by atoms with Gasteiger partial charge in [-0.3, -0.25) is 0 Å². The van der Waals surface area contributed by atoms with E-state index in [9.17, 15) is 4.39 Å². The van der Waals surface area contributed by atoms with E-state index in [1.54, 1.807) is 25.3 Å². The molecule has 1 N–H and O–H groups in total. The molecule has 136 valence electrons. The molecule has 0 aliphatic heterocycles. The van der Waals surface area contributed by atoms with Crippen molar-refractivity contribution in [2.75, 3.05) is 27.4 Å². The quantitative estimate of drug-likeness (QED) is 0.644. The molecule has 0 amide bonds. The third-order valence-electron chi connectivity index (χ3n) is 3.52. The van der Waals surface area contributed by atoms with E-state index in [1.807, 2.05) is 6.07 Å². The van der Waals surface area contributed by atoms with Gasteiger partial charge in [-0.1, -0.05) is 29.3 Å². The van der Waals surface area contributed by atoms with Gasteiger partial charge in [0.05, 0.1) is 23.8 Å². The van der Waals surface area contributed by atoms with Crippen LogP contribution in [0.3, 0.4) is 0 Å². The van der Waals surface area contributed by atoms with Gasteiger partial charge in [-0.05, 0) is 29.8 Å². The zero-order valence-electron chi connectivity index (χ0n) is 14.1.